The van der Waals surface area contributed by atoms with E-state index in [4.69, 9.17) is 9.73 Å². The average molecular weight is 479 g/mol. The van der Waals surface area contributed by atoms with Crippen molar-refractivity contribution in [2.24, 2.45) is 10.9 Å². The van der Waals surface area contributed by atoms with Gasteiger partial charge < -0.3 is 25.0 Å². The van der Waals surface area contributed by atoms with Gasteiger partial charge in [-0.05, 0) is 73.3 Å². The summed E-state index contributed by atoms with van der Waals surface area (Å²) in [6.45, 7) is 11.5. The average Bonchev–Trinajstić information content (AvgIpc) is 3.16. The van der Waals surface area contributed by atoms with E-state index >= 15 is 0 Å². The van der Waals surface area contributed by atoms with Gasteiger partial charge in [-0.1, -0.05) is 26.8 Å². The summed E-state index contributed by atoms with van der Waals surface area (Å²) < 4.78 is 5.92. The smallest absolute Gasteiger partial charge is 0.258 e. The monoisotopic (exact) mass is 478 g/mol. The lowest BCUT2D eigenvalue weighted by Gasteiger charge is -2.19. The van der Waals surface area contributed by atoms with E-state index in [-0.39, 0.29) is 11.7 Å². The molecule has 0 fully saturated rings. The number of nitrogens with zero attached hydrogens (tertiary/aromatic N) is 3. The second-order valence-corrected chi connectivity index (χ2v) is 9.97. The summed E-state index contributed by atoms with van der Waals surface area (Å²) in [6.07, 6.45) is 1.76. The number of carbonyl (C=O) groups excluding carboxylic acids is 1. The van der Waals surface area contributed by atoms with Crippen molar-refractivity contribution < 1.29 is 14.6 Å². The van der Waals surface area contributed by atoms with E-state index in [0.29, 0.717) is 31.2 Å². The second-order valence-electron chi connectivity index (χ2n) is 9.97. The van der Waals surface area contributed by atoms with Crippen molar-refractivity contribution in [1.29, 1.82) is 0 Å². The van der Waals surface area contributed by atoms with E-state index in [1.165, 1.54) is 0 Å². The molecular formula is C28H38N4O3. The molecule has 7 nitrogen and oxygen atoms in total. The van der Waals surface area contributed by atoms with Crippen LogP contribution >= 0.6 is 0 Å². The fourth-order valence-corrected chi connectivity index (χ4v) is 4.48. The molecule has 0 saturated heterocycles. The molecule has 2 aromatic carbocycles. The summed E-state index contributed by atoms with van der Waals surface area (Å²) in [4.78, 5) is 22.2. The van der Waals surface area contributed by atoms with Crippen LogP contribution in [0.25, 0.3) is 0 Å². The number of likely N-dealkylation sites (N-methyl/N-ethyl adjacent to an activating group) is 1. The molecule has 4 rings (SSSR count). The van der Waals surface area contributed by atoms with Gasteiger partial charge in [0.15, 0.2) is 0 Å². The molecule has 0 saturated carbocycles. The van der Waals surface area contributed by atoms with Crippen LogP contribution in [0.15, 0.2) is 35.3 Å². The van der Waals surface area contributed by atoms with Crippen LogP contribution in [0.1, 0.15) is 59.8 Å². The van der Waals surface area contributed by atoms with Crippen molar-refractivity contribution in [1.82, 2.24) is 15.1 Å². The first-order valence-electron chi connectivity index (χ1n) is 12.7. The van der Waals surface area contributed by atoms with Crippen LogP contribution < -0.4 is 10.1 Å². The Bertz CT molecular complexity index is 1100. The highest BCUT2D eigenvalue weighted by Crippen LogP contribution is 2.31. The number of fused-ring (bicyclic) bond motifs is 2. The van der Waals surface area contributed by atoms with Gasteiger partial charge in [-0.3, -0.25) is 9.79 Å². The van der Waals surface area contributed by atoms with E-state index in [0.717, 1.165) is 72.9 Å². The minimum absolute atomic E-state index is 0.0406. The molecular weight excluding hydrogens is 440 g/mol. The van der Waals surface area contributed by atoms with E-state index in [2.05, 4.69) is 38.0 Å². The highest BCUT2D eigenvalue weighted by molar-refractivity contribution is 6.04. The van der Waals surface area contributed by atoms with Crippen LogP contribution in [-0.2, 0) is 19.5 Å². The number of ether oxygens (including phenoxy) is 1. The van der Waals surface area contributed by atoms with Gasteiger partial charge in [0.25, 0.3) is 5.91 Å². The second kappa shape index (κ2) is 11.1. The third-order valence-corrected chi connectivity index (χ3v) is 6.73. The van der Waals surface area contributed by atoms with Crippen molar-refractivity contribution in [3.63, 3.8) is 0 Å². The van der Waals surface area contributed by atoms with Gasteiger partial charge in [-0.2, -0.15) is 0 Å². The molecule has 7 heteroatoms. The Balaban J connectivity index is 1.50. The Labute approximate surface area is 208 Å². The molecule has 2 aliphatic rings. The van der Waals surface area contributed by atoms with Gasteiger partial charge in [-0.25, -0.2) is 0 Å². The highest BCUT2D eigenvalue weighted by Gasteiger charge is 2.28. The van der Waals surface area contributed by atoms with Crippen molar-refractivity contribution in [2.75, 3.05) is 39.8 Å². The minimum atomic E-state index is -0.166. The molecule has 0 aliphatic carbocycles. The molecule has 0 radical (unpaired) electrons. The molecule has 2 heterocycles. The van der Waals surface area contributed by atoms with Crippen molar-refractivity contribution in [3.8, 4) is 11.5 Å². The standard InChI is InChI=1S/C28H38N4O3/c1-5-31(4)11-12-35-23-9-8-21-17-32(18-22(21)13-23)28(34)25-15-24-20(14-26(25)33)7-6-10-29-27(24)30-16-19(2)3/h8-9,13-15,19,33H,5-7,10-12,16-18H2,1-4H3,(H,29,30). The van der Waals surface area contributed by atoms with Crippen LogP contribution in [-0.4, -0.2) is 66.5 Å². The number of phenolic OH excluding ortho intramolecular Hbond substituents is 1. The first kappa shape index (κ1) is 25.0. The van der Waals surface area contributed by atoms with Crippen LogP contribution in [0.3, 0.4) is 0 Å². The lowest BCUT2D eigenvalue weighted by molar-refractivity contribution is 0.0748. The van der Waals surface area contributed by atoms with Gasteiger partial charge >= 0.3 is 0 Å². The Morgan fingerprint density at radius 1 is 1.20 bits per heavy atom. The molecule has 2 aliphatic heterocycles. The number of amides is 1. The topological polar surface area (TPSA) is 77.4 Å². The summed E-state index contributed by atoms with van der Waals surface area (Å²) in [6, 6.07) is 9.63. The number of phenols is 1. The summed E-state index contributed by atoms with van der Waals surface area (Å²) in [5.41, 5.74) is 4.50. The number of carbonyl (C=O) groups is 1. The number of aliphatic imine (C=N–C) groups is 1. The number of amidine groups is 1. The van der Waals surface area contributed by atoms with Crippen molar-refractivity contribution in [2.45, 2.75) is 46.7 Å². The normalized spacial score (nSPS) is 15.0. The number of benzene rings is 2. The summed E-state index contributed by atoms with van der Waals surface area (Å²) >= 11 is 0. The molecule has 2 N–H and O–H groups in total. The molecule has 188 valence electrons. The van der Waals surface area contributed by atoms with Crippen LogP contribution in [0, 0.1) is 5.92 Å². The Morgan fingerprint density at radius 2 is 2.00 bits per heavy atom. The molecule has 0 unspecified atom stereocenters. The van der Waals surface area contributed by atoms with Gasteiger partial charge in [0.1, 0.15) is 23.9 Å². The Hall–Kier alpha value is -3.06. The zero-order valence-electron chi connectivity index (χ0n) is 21.4. The SMILES string of the molecule is CCN(C)CCOc1ccc2c(c1)CN(C(=O)c1cc3c(cc1O)CCCN=C3NCC(C)C)C2. The van der Waals surface area contributed by atoms with Gasteiger partial charge in [-0.15, -0.1) is 0 Å². The molecule has 0 atom stereocenters. The number of nitrogens with one attached hydrogen (secondary N) is 1. The van der Waals surface area contributed by atoms with E-state index < -0.39 is 0 Å². The van der Waals surface area contributed by atoms with Crippen LogP contribution in [0.4, 0.5) is 0 Å². The lowest BCUT2D eigenvalue weighted by atomic mass is 9.98. The summed E-state index contributed by atoms with van der Waals surface area (Å²) in [5, 5.41) is 14.2. The van der Waals surface area contributed by atoms with Crippen LogP contribution in [0.5, 0.6) is 11.5 Å². The lowest BCUT2D eigenvalue weighted by Crippen LogP contribution is -2.30. The third kappa shape index (κ3) is 5.96. The van der Waals surface area contributed by atoms with Crippen molar-refractivity contribution in [3.05, 3.63) is 58.1 Å². The highest BCUT2D eigenvalue weighted by atomic mass is 16.5. The Morgan fingerprint density at radius 3 is 2.77 bits per heavy atom. The fraction of sp³-hybridized carbons (Fsp3) is 0.500. The molecule has 0 spiro atoms. The third-order valence-electron chi connectivity index (χ3n) is 6.73. The van der Waals surface area contributed by atoms with E-state index in [1.807, 2.05) is 24.3 Å². The summed E-state index contributed by atoms with van der Waals surface area (Å²) in [5.74, 6) is 2.00. The van der Waals surface area contributed by atoms with Crippen LogP contribution in [0.2, 0.25) is 0 Å². The largest absolute Gasteiger partial charge is 0.507 e. The fourth-order valence-electron chi connectivity index (χ4n) is 4.48. The summed E-state index contributed by atoms with van der Waals surface area (Å²) in [7, 11) is 2.07. The maximum atomic E-state index is 13.5. The Kier molecular flexibility index (Phi) is 7.96. The quantitative estimate of drug-likeness (QED) is 0.603. The van der Waals surface area contributed by atoms with Crippen molar-refractivity contribution >= 4 is 11.7 Å². The zero-order chi connectivity index (χ0) is 24.9. The number of hydrogen-bond donors (Lipinski definition) is 2. The van der Waals surface area contributed by atoms with E-state index in [9.17, 15) is 9.90 Å². The zero-order valence-corrected chi connectivity index (χ0v) is 21.4. The molecule has 1 amide bonds. The number of aromatic hydroxyl groups is 1. The van der Waals surface area contributed by atoms with Gasteiger partial charge in [0.05, 0.1) is 5.56 Å². The first-order chi connectivity index (χ1) is 16.9. The number of aryl methyl sites for hydroxylation is 1. The van der Waals surface area contributed by atoms with Gasteiger partial charge in [0.2, 0.25) is 0 Å². The maximum Gasteiger partial charge on any atom is 0.258 e. The molecule has 35 heavy (non-hydrogen) atoms. The molecule has 0 bridgehead atoms. The predicted octanol–water partition coefficient (Wildman–Crippen LogP) is 3.82. The molecule has 0 aromatic heterocycles. The maximum absolute atomic E-state index is 13.5. The predicted molar refractivity (Wildman–Crippen MR) is 139 cm³/mol. The number of rotatable bonds is 8. The minimum Gasteiger partial charge on any atom is -0.507 e. The van der Waals surface area contributed by atoms with Gasteiger partial charge in [0, 0.05) is 38.3 Å². The van der Waals surface area contributed by atoms with E-state index in [1.54, 1.807) is 11.0 Å². The number of hydrogen-bond acceptors (Lipinski definition) is 6. The molecule has 2 aromatic rings. The first-order valence-corrected chi connectivity index (χ1v) is 12.7.